The molecule has 2 unspecified atom stereocenters. The summed E-state index contributed by atoms with van der Waals surface area (Å²) in [6.45, 7) is 6.53. The van der Waals surface area contributed by atoms with Gasteiger partial charge in [0.05, 0.1) is 6.10 Å². The first kappa shape index (κ1) is 14.2. The molecule has 0 saturated carbocycles. The summed E-state index contributed by atoms with van der Waals surface area (Å²) in [6, 6.07) is 17.9. The highest BCUT2D eigenvalue weighted by Crippen LogP contribution is 2.37. The second-order valence-corrected chi connectivity index (χ2v) is 6.16. The number of hydrogen-bond acceptors (Lipinski definition) is 2. The Bertz CT molecular complexity index is 606. The lowest BCUT2D eigenvalue weighted by molar-refractivity contribution is 0.163. The van der Waals surface area contributed by atoms with E-state index in [0.717, 1.165) is 12.2 Å². The highest BCUT2D eigenvalue weighted by molar-refractivity contribution is 5.66. The summed E-state index contributed by atoms with van der Waals surface area (Å²) in [5, 5.41) is 3.67. The standard InChI is InChI=1S/C19H23NO/c1-13(2)20-18-11-14(3)21-19-10-9-16(12-17(18)19)15-7-5-4-6-8-15/h4-10,12-14,18,20H,11H2,1-3H3. The lowest BCUT2D eigenvalue weighted by atomic mass is 9.93. The van der Waals surface area contributed by atoms with E-state index in [0.29, 0.717) is 12.1 Å². The molecule has 2 heteroatoms. The molecule has 0 aromatic heterocycles. The van der Waals surface area contributed by atoms with E-state index in [1.54, 1.807) is 0 Å². The van der Waals surface area contributed by atoms with Crippen molar-refractivity contribution in [2.45, 2.75) is 45.4 Å². The maximum atomic E-state index is 5.99. The molecule has 2 nitrogen and oxygen atoms in total. The highest BCUT2D eigenvalue weighted by atomic mass is 16.5. The van der Waals surface area contributed by atoms with E-state index in [4.69, 9.17) is 4.74 Å². The first-order valence-electron chi connectivity index (χ1n) is 7.75. The normalized spacial score (nSPS) is 21.0. The Morgan fingerprint density at radius 3 is 2.52 bits per heavy atom. The molecule has 0 spiro atoms. The van der Waals surface area contributed by atoms with Crippen molar-refractivity contribution in [3.8, 4) is 16.9 Å². The van der Waals surface area contributed by atoms with Crippen LogP contribution in [-0.2, 0) is 0 Å². The molecule has 21 heavy (non-hydrogen) atoms. The Balaban J connectivity index is 1.99. The largest absolute Gasteiger partial charge is 0.490 e. The SMILES string of the molecule is CC(C)NC1CC(C)Oc2ccc(-c3ccccc3)cc21. The zero-order valence-electron chi connectivity index (χ0n) is 13.0. The summed E-state index contributed by atoms with van der Waals surface area (Å²) >= 11 is 0. The van der Waals surface area contributed by atoms with Crippen molar-refractivity contribution in [1.82, 2.24) is 5.32 Å². The zero-order chi connectivity index (χ0) is 14.8. The lowest BCUT2D eigenvalue weighted by Gasteiger charge is -2.32. The van der Waals surface area contributed by atoms with Gasteiger partial charge in [0.1, 0.15) is 5.75 Å². The number of nitrogens with one attached hydrogen (secondary N) is 1. The molecule has 110 valence electrons. The minimum atomic E-state index is 0.260. The summed E-state index contributed by atoms with van der Waals surface area (Å²) in [4.78, 5) is 0. The van der Waals surface area contributed by atoms with Gasteiger partial charge in [-0.3, -0.25) is 0 Å². The van der Waals surface area contributed by atoms with E-state index in [1.807, 2.05) is 0 Å². The van der Waals surface area contributed by atoms with Crippen molar-refractivity contribution in [3.63, 3.8) is 0 Å². The molecule has 1 aliphatic heterocycles. The van der Waals surface area contributed by atoms with E-state index in [-0.39, 0.29) is 6.10 Å². The molecule has 0 saturated heterocycles. The summed E-state index contributed by atoms with van der Waals surface area (Å²) in [6.07, 6.45) is 1.28. The Kier molecular flexibility index (Phi) is 3.98. The maximum Gasteiger partial charge on any atom is 0.124 e. The molecule has 2 atom stereocenters. The van der Waals surface area contributed by atoms with Gasteiger partial charge < -0.3 is 10.1 Å². The molecule has 0 fully saturated rings. The van der Waals surface area contributed by atoms with Crippen LogP contribution in [0, 0.1) is 0 Å². The van der Waals surface area contributed by atoms with E-state index in [1.165, 1.54) is 16.7 Å². The number of ether oxygens (including phenoxy) is 1. The number of hydrogen-bond donors (Lipinski definition) is 1. The Morgan fingerprint density at radius 2 is 1.81 bits per heavy atom. The molecule has 0 bridgehead atoms. The van der Waals surface area contributed by atoms with Crippen molar-refractivity contribution in [1.29, 1.82) is 0 Å². The molecular formula is C19H23NO. The molecule has 0 aliphatic carbocycles. The molecule has 0 amide bonds. The zero-order valence-corrected chi connectivity index (χ0v) is 13.0. The van der Waals surface area contributed by atoms with Gasteiger partial charge in [-0.25, -0.2) is 0 Å². The van der Waals surface area contributed by atoms with Crippen LogP contribution in [0.25, 0.3) is 11.1 Å². The minimum absolute atomic E-state index is 0.260. The van der Waals surface area contributed by atoms with Crippen LogP contribution in [0.1, 0.15) is 38.8 Å². The lowest BCUT2D eigenvalue weighted by Crippen LogP contribution is -2.35. The second-order valence-electron chi connectivity index (χ2n) is 6.16. The van der Waals surface area contributed by atoms with Crippen molar-refractivity contribution in [2.24, 2.45) is 0 Å². The summed E-state index contributed by atoms with van der Waals surface area (Å²) in [7, 11) is 0. The number of fused-ring (bicyclic) bond motifs is 1. The first-order chi connectivity index (χ1) is 10.1. The van der Waals surface area contributed by atoms with Crippen LogP contribution < -0.4 is 10.1 Å². The van der Waals surface area contributed by atoms with E-state index in [9.17, 15) is 0 Å². The van der Waals surface area contributed by atoms with E-state index < -0.39 is 0 Å². The van der Waals surface area contributed by atoms with Gasteiger partial charge in [-0.15, -0.1) is 0 Å². The maximum absolute atomic E-state index is 5.99. The van der Waals surface area contributed by atoms with Crippen LogP contribution in [0.2, 0.25) is 0 Å². The molecule has 0 radical (unpaired) electrons. The molecule has 2 aromatic rings. The Morgan fingerprint density at radius 1 is 1.05 bits per heavy atom. The van der Waals surface area contributed by atoms with Gasteiger partial charge in [0.25, 0.3) is 0 Å². The number of rotatable bonds is 3. The quantitative estimate of drug-likeness (QED) is 0.890. The van der Waals surface area contributed by atoms with Gasteiger partial charge in [-0.1, -0.05) is 50.2 Å². The van der Waals surface area contributed by atoms with Crippen molar-refractivity contribution < 1.29 is 4.74 Å². The van der Waals surface area contributed by atoms with Crippen LogP contribution in [-0.4, -0.2) is 12.1 Å². The molecule has 2 aromatic carbocycles. The molecule has 1 N–H and O–H groups in total. The van der Waals surface area contributed by atoms with Crippen molar-refractivity contribution in [2.75, 3.05) is 0 Å². The van der Waals surface area contributed by atoms with Crippen LogP contribution in [0.15, 0.2) is 48.5 Å². The average Bonchev–Trinajstić information content (AvgIpc) is 2.47. The molecule has 3 rings (SSSR count). The van der Waals surface area contributed by atoms with Gasteiger partial charge in [0.2, 0.25) is 0 Å². The minimum Gasteiger partial charge on any atom is -0.490 e. The average molecular weight is 281 g/mol. The summed E-state index contributed by atoms with van der Waals surface area (Å²) < 4.78 is 5.99. The fraction of sp³-hybridized carbons (Fsp3) is 0.368. The third-order valence-electron chi connectivity index (χ3n) is 3.92. The fourth-order valence-electron chi connectivity index (χ4n) is 3.02. The van der Waals surface area contributed by atoms with Crippen molar-refractivity contribution in [3.05, 3.63) is 54.1 Å². The predicted molar refractivity (Wildman–Crippen MR) is 87.6 cm³/mol. The topological polar surface area (TPSA) is 21.3 Å². The van der Waals surface area contributed by atoms with Crippen LogP contribution in [0.4, 0.5) is 0 Å². The van der Waals surface area contributed by atoms with Gasteiger partial charge in [-0.2, -0.15) is 0 Å². The fourth-order valence-corrected chi connectivity index (χ4v) is 3.02. The van der Waals surface area contributed by atoms with E-state index in [2.05, 4.69) is 74.6 Å². The summed E-state index contributed by atoms with van der Waals surface area (Å²) in [5.74, 6) is 1.02. The van der Waals surface area contributed by atoms with Crippen LogP contribution >= 0.6 is 0 Å². The van der Waals surface area contributed by atoms with Gasteiger partial charge in [0.15, 0.2) is 0 Å². The number of benzene rings is 2. The van der Waals surface area contributed by atoms with Gasteiger partial charge >= 0.3 is 0 Å². The molecule has 1 aliphatic rings. The van der Waals surface area contributed by atoms with Gasteiger partial charge in [0, 0.05) is 24.1 Å². The van der Waals surface area contributed by atoms with Crippen LogP contribution in [0.5, 0.6) is 5.75 Å². The smallest absolute Gasteiger partial charge is 0.124 e. The summed E-state index contributed by atoms with van der Waals surface area (Å²) in [5.41, 5.74) is 3.79. The monoisotopic (exact) mass is 281 g/mol. The highest BCUT2D eigenvalue weighted by Gasteiger charge is 2.26. The third kappa shape index (κ3) is 3.11. The Labute approximate surface area is 127 Å². The third-order valence-corrected chi connectivity index (χ3v) is 3.92. The van der Waals surface area contributed by atoms with Crippen LogP contribution in [0.3, 0.4) is 0 Å². The molecule has 1 heterocycles. The van der Waals surface area contributed by atoms with Crippen molar-refractivity contribution >= 4 is 0 Å². The second kappa shape index (κ2) is 5.90. The Hall–Kier alpha value is -1.80. The molecular weight excluding hydrogens is 258 g/mol. The predicted octanol–water partition coefficient (Wildman–Crippen LogP) is 4.56. The van der Waals surface area contributed by atoms with Gasteiger partial charge in [-0.05, 0) is 30.2 Å². The first-order valence-corrected chi connectivity index (χ1v) is 7.75. The van der Waals surface area contributed by atoms with E-state index >= 15 is 0 Å².